The number of aryl methyl sites for hydroxylation is 1. The van der Waals surface area contributed by atoms with Gasteiger partial charge in [0, 0.05) is 36.6 Å². The number of hydrogen-bond acceptors (Lipinski definition) is 4. The number of nitrogens with one attached hydrogen (secondary N) is 1. The molecule has 0 radical (unpaired) electrons. The maximum absolute atomic E-state index is 4.63. The van der Waals surface area contributed by atoms with Crippen LogP contribution in [-0.2, 0) is 6.54 Å². The molecule has 2 atom stereocenters. The highest BCUT2D eigenvalue weighted by atomic mass is 32.1. The highest BCUT2D eigenvalue weighted by Crippen LogP contribution is 2.24. The highest BCUT2D eigenvalue weighted by Gasteiger charge is 2.35. The van der Waals surface area contributed by atoms with E-state index < -0.39 is 0 Å². The number of piperazine rings is 1. The quantitative estimate of drug-likeness (QED) is 0.919. The summed E-state index contributed by atoms with van der Waals surface area (Å²) in [6, 6.07) is 0.613. The molecule has 0 bridgehead atoms. The predicted molar refractivity (Wildman–Crippen MR) is 82.6 cm³/mol. The van der Waals surface area contributed by atoms with Crippen molar-refractivity contribution in [2.75, 3.05) is 13.1 Å². The maximum atomic E-state index is 4.63. The van der Waals surface area contributed by atoms with E-state index >= 15 is 0 Å². The first-order valence-corrected chi connectivity index (χ1v) is 8.21. The van der Waals surface area contributed by atoms with E-state index in [-0.39, 0.29) is 5.54 Å². The van der Waals surface area contributed by atoms with Gasteiger partial charge in [0.05, 0.1) is 10.7 Å². The molecule has 3 nitrogen and oxygen atoms in total. The van der Waals surface area contributed by atoms with Crippen LogP contribution in [0.4, 0.5) is 0 Å². The number of aromatic nitrogens is 1. The molecular weight excluding hydrogens is 254 g/mol. The van der Waals surface area contributed by atoms with Gasteiger partial charge in [-0.05, 0) is 26.2 Å². The van der Waals surface area contributed by atoms with E-state index in [2.05, 4.69) is 55.2 Å². The molecule has 19 heavy (non-hydrogen) atoms. The summed E-state index contributed by atoms with van der Waals surface area (Å²) < 4.78 is 0. The van der Waals surface area contributed by atoms with Crippen molar-refractivity contribution in [3.05, 3.63) is 16.1 Å². The fourth-order valence-corrected chi connectivity index (χ4v) is 3.46. The molecular formula is C15H27N3S. The van der Waals surface area contributed by atoms with E-state index in [1.54, 1.807) is 11.3 Å². The Morgan fingerprint density at radius 2 is 2.32 bits per heavy atom. The second kappa shape index (κ2) is 5.90. The van der Waals surface area contributed by atoms with E-state index in [0.29, 0.717) is 12.0 Å². The van der Waals surface area contributed by atoms with Gasteiger partial charge in [-0.15, -0.1) is 11.3 Å². The van der Waals surface area contributed by atoms with Gasteiger partial charge in [-0.25, -0.2) is 4.98 Å². The summed E-state index contributed by atoms with van der Waals surface area (Å²) >= 11 is 1.75. The molecule has 2 unspecified atom stereocenters. The largest absolute Gasteiger partial charge is 0.309 e. The fraction of sp³-hybridized carbons (Fsp3) is 0.800. The second-order valence-corrected chi connectivity index (χ2v) is 7.43. The van der Waals surface area contributed by atoms with Crippen molar-refractivity contribution in [1.82, 2.24) is 15.2 Å². The van der Waals surface area contributed by atoms with Crippen LogP contribution in [0.25, 0.3) is 0 Å². The summed E-state index contributed by atoms with van der Waals surface area (Å²) in [5.74, 6) is 0.675. The van der Waals surface area contributed by atoms with Crippen molar-refractivity contribution in [1.29, 1.82) is 0 Å². The third-order valence-corrected chi connectivity index (χ3v) is 5.16. The Bertz CT molecular complexity index is 415. The topological polar surface area (TPSA) is 28.2 Å². The minimum atomic E-state index is 0.246. The van der Waals surface area contributed by atoms with Crippen molar-refractivity contribution in [2.45, 2.75) is 59.2 Å². The minimum absolute atomic E-state index is 0.246. The van der Waals surface area contributed by atoms with E-state index in [9.17, 15) is 0 Å². The lowest BCUT2D eigenvalue weighted by atomic mass is 9.90. The minimum Gasteiger partial charge on any atom is -0.309 e. The Labute approximate surface area is 121 Å². The smallest absolute Gasteiger partial charge is 0.0897 e. The summed E-state index contributed by atoms with van der Waals surface area (Å²) in [6.45, 7) is 14.5. The van der Waals surface area contributed by atoms with Gasteiger partial charge in [-0.1, -0.05) is 20.8 Å². The van der Waals surface area contributed by atoms with Crippen LogP contribution >= 0.6 is 11.3 Å². The molecule has 0 saturated carbocycles. The summed E-state index contributed by atoms with van der Waals surface area (Å²) in [5, 5.41) is 7.12. The molecule has 2 heterocycles. The van der Waals surface area contributed by atoms with Gasteiger partial charge in [0.15, 0.2) is 0 Å². The van der Waals surface area contributed by atoms with E-state index in [4.69, 9.17) is 0 Å². The van der Waals surface area contributed by atoms with Crippen LogP contribution in [0, 0.1) is 12.8 Å². The normalized spacial score (nSPS) is 29.1. The average molecular weight is 281 g/mol. The van der Waals surface area contributed by atoms with Crippen molar-refractivity contribution in [2.24, 2.45) is 5.92 Å². The lowest BCUT2D eigenvalue weighted by Crippen LogP contribution is -2.63. The molecule has 0 spiro atoms. The Morgan fingerprint density at radius 3 is 2.84 bits per heavy atom. The molecule has 0 amide bonds. The predicted octanol–water partition coefficient (Wildman–Crippen LogP) is 3.05. The van der Waals surface area contributed by atoms with Crippen LogP contribution < -0.4 is 5.32 Å². The number of thiazole rings is 1. The Kier molecular flexibility index (Phi) is 4.64. The van der Waals surface area contributed by atoms with Gasteiger partial charge in [0.25, 0.3) is 0 Å². The van der Waals surface area contributed by atoms with Crippen LogP contribution in [0.1, 0.15) is 44.8 Å². The Balaban J connectivity index is 2.11. The first kappa shape index (κ1) is 14.9. The first-order chi connectivity index (χ1) is 8.93. The number of nitrogens with zero attached hydrogens (tertiary/aromatic N) is 2. The van der Waals surface area contributed by atoms with Crippen LogP contribution in [0.2, 0.25) is 0 Å². The zero-order valence-electron chi connectivity index (χ0n) is 12.9. The van der Waals surface area contributed by atoms with Gasteiger partial charge in [-0.2, -0.15) is 0 Å². The second-order valence-electron chi connectivity index (χ2n) is 6.37. The number of rotatable bonds is 4. The maximum Gasteiger partial charge on any atom is 0.0897 e. The van der Waals surface area contributed by atoms with E-state index in [1.807, 2.05) is 0 Å². The Hall–Kier alpha value is -0.450. The Morgan fingerprint density at radius 1 is 1.58 bits per heavy atom. The zero-order valence-corrected chi connectivity index (χ0v) is 13.7. The van der Waals surface area contributed by atoms with Gasteiger partial charge < -0.3 is 5.32 Å². The van der Waals surface area contributed by atoms with Crippen molar-refractivity contribution >= 4 is 11.3 Å². The van der Waals surface area contributed by atoms with Gasteiger partial charge in [-0.3, -0.25) is 4.90 Å². The fourth-order valence-electron chi connectivity index (χ4n) is 2.86. The van der Waals surface area contributed by atoms with Crippen LogP contribution in [-0.4, -0.2) is 34.6 Å². The highest BCUT2D eigenvalue weighted by molar-refractivity contribution is 7.09. The van der Waals surface area contributed by atoms with Crippen molar-refractivity contribution in [3.8, 4) is 0 Å². The molecule has 1 aliphatic heterocycles. The lowest BCUT2D eigenvalue weighted by molar-refractivity contribution is 0.0530. The van der Waals surface area contributed by atoms with Gasteiger partial charge in [0.1, 0.15) is 0 Å². The molecule has 2 rings (SSSR count). The average Bonchev–Trinajstić information content (AvgIpc) is 2.74. The molecule has 1 saturated heterocycles. The van der Waals surface area contributed by atoms with Gasteiger partial charge in [0.2, 0.25) is 0 Å². The monoisotopic (exact) mass is 281 g/mol. The summed E-state index contributed by atoms with van der Waals surface area (Å²) in [5.41, 5.74) is 1.48. The lowest BCUT2D eigenvalue weighted by Gasteiger charge is -2.47. The van der Waals surface area contributed by atoms with Gasteiger partial charge >= 0.3 is 0 Å². The third kappa shape index (κ3) is 3.56. The molecule has 4 heteroatoms. The molecule has 0 aromatic carbocycles. The molecule has 1 aliphatic rings. The SMILES string of the molecule is CCC1(C)CN(Cc2csc(C)n2)C(C(C)C)CN1. The van der Waals surface area contributed by atoms with Crippen LogP contribution in [0.3, 0.4) is 0 Å². The van der Waals surface area contributed by atoms with Crippen molar-refractivity contribution in [3.63, 3.8) is 0 Å². The molecule has 1 N–H and O–H groups in total. The van der Waals surface area contributed by atoms with Crippen LogP contribution in [0.15, 0.2) is 5.38 Å². The molecule has 0 aliphatic carbocycles. The molecule has 1 aromatic rings. The van der Waals surface area contributed by atoms with E-state index in [0.717, 1.165) is 19.6 Å². The summed E-state index contributed by atoms with van der Waals surface area (Å²) in [7, 11) is 0. The van der Waals surface area contributed by atoms with Crippen molar-refractivity contribution < 1.29 is 0 Å². The van der Waals surface area contributed by atoms with E-state index in [1.165, 1.54) is 17.1 Å². The first-order valence-electron chi connectivity index (χ1n) is 7.33. The molecule has 1 fully saturated rings. The molecule has 108 valence electrons. The summed E-state index contributed by atoms with van der Waals surface area (Å²) in [6.07, 6.45) is 1.17. The zero-order chi connectivity index (χ0) is 14.0. The molecule has 1 aromatic heterocycles. The summed E-state index contributed by atoms with van der Waals surface area (Å²) in [4.78, 5) is 7.25. The number of hydrogen-bond donors (Lipinski definition) is 1. The third-order valence-electron chi connectivity index (χ3n) is 4.34. The van der Waals surface area contributed by atoms with Crippen LogP contribution in [0.5, 0.6) is 0 Å². The standard InChI is InChI=1S/C15H27N3S/c1-6-15(5)10-18(14(7-16-15)11(2)3)8-13-9-19-12(4)17-13/h9,11,14,16H,6-8,10H2,1-5H3.